The molecule has 1 aliphatic rings. The number of nitrogens with zero attached hydrogens (tertiary/aromatic N) is 1. The molecule has 63 heavy (non-hydrogen) atoms. The molecular weight excluding hydrogens is 779 g/mol. The molecule has 0 bridgehead atoms. The van der Waals surface area contributed by atoms with E-state index in [1.165, 1.54) is 86.9 Å². The van der Waals surface area contributed by atoms with Crippen LogP contribution < -0.4 is 4.90 Å². The van der Waals surface area contributed by atoms with Gasteiger partial charge in [-0.05, 0) is 115 Å². The molecule has 1 aromatic heterocycles. The summed E-state index contributed by atoms with van der Waals surface area (Å²) in [5.74, 6) is 0. The third-order valence-corrected chi connectivity index (χ3v) is 14.1. The maximum atomic E-state index is 2.47. The van der Waals surface area contributed by atoms with Gasteiger partial charge in [0.1, 0.15) is 0 Å². The molecule has 12 rings (SSSR count). The van der Waals surface area contributed by atoms with Gasteiger partial charge in [-0.15, -0.1) is 11.3 Å². The van der Waals surface area contributed by atoms with Crippen molar-refractivity contribution in [3.8, 4) is 44.5 Å². The molecule has 0 atom stereocenters. The van der Waals surface area contributed by atoms with E-state index in [1.807, 2.05) is 11.3 Å². The summed E-state index contributed by atoms with van der Waals surface area (Å²) in [5, 5.41) is 2.64. The third kappa shape index (κ3) is 6.14. The van der Waals surface area contributed by atoms with Crippen molar-refractivity contribution in [2.75, 3.05) is 4.90 Å². The van der Waals surface area contributed by atoms with Gasteiger partial charge in [0, 0.05) is 37.2 Å². The van der Waals surface area contributed by atoms with Gasteiger partial charge in [-0.2, -0.15) is 0 Å². The first-order valence-electron chi connectivity index (χ1n) is 21.7. The normalized spacial score (nSPS) is 12.6. The number of benzene rings is 10. The van der Waals surface area contributed by atoms with Crippen molar-refractivity contribution in [1.82, 2.24) is 0 Å². The van der Waals surface area contributed by atoms with E-state index in [9.17, 15) is 0 Å². The van der Waals surface area contributed by atoms with Gasteiger partial charge in [-0.25, -0.2) is 0 Å². The molecule has 0 N–H and O–H groups in total. The van der Waals surface area contributed by atoms with Gasteiger partial charge < -0.3 is 4.90 Å². The predicted octanol–water partition coefficient (Wildman–Crippen LogP) is 16.9. The largest absolute Gasteiger partial charge is 0.310 e. The van der Waals surface area contributed by atoms with Gasteiger partial charge in [0.2, 0.25) is 0 Å². The van der Waals surface area contributed by atoms with E-state index in [1.54, 1.807) is 0 Å². The molecule has 0 amide bonds. The lowest BCUT2D eigenvalue weighted by atomic mass is 9.67. The van der Waals surface area contributed by atoms with Crippen molar-refractivity contribution in [3.63, 3.8) is 0 Å². The summed E-state index contributed by atoms with van der Waals surface area (Å²) in [7, 11) is 0. The van der Waals surface area contributed by atoms with Crippen LogP contribution >= 0.6 is 11.3 Å². The number of fused-ring (bicyclic) bond motifs is 6. The Balaban J connectivity index is 1.06. The second kappa shape index (κ2) is 15.3. The minimum atomic E-state index is -0.564. The van der Waals surface area contributed by atoms with Gasteiger partial charge in [-0.1, -0.05) is 200 Å². The molecule has 11 aromatic rings. The summed E-state index contributed by atoms with van der Waals surface area (Å²) in [6.07, 6.45) is 0. The highest BCUT2D eigenvalue weighted by atomic mass is 32.1. The quantitative estimate of drug-likeness (QED) is 0.148. The van der Waals surface area contributed by atoms with Gasteiger partial charge in [-0.3, -0.25) is 0 Å². The van der Waals surface area contributed by atoms with Crippen LogP contribution in [0.3, 0.4) is 0 Å². The molecule has 0 unspecified atom stereocenters. The average Bonchev–Trinajstić information content (AvgIpc) is 3.89. The monoisotopic (exact) mass is 819 g/mol. The molecule has 2 heteroatoms. The average molecular weight is 820 g/mol. The Bertz CT molecular complexity index is 3370. The van der Waals surface area contributed by atoms with E-state index in [0.29, 0.717) is 0 Å². The third-order valence-electron chi connectivity index (χ3n) is 13.0. The predicted molar refractivity (Wildman–Crippen MR) is 268 cm³/mol. The van der Waals surface area contributed by atoms with Crippen molar-refractivity contribution in [1.29, 1.82) is 0 Å². The molecular formula is C61H41NS. The van der Waals surface area contributed by atoms with Gasteiger partial charge in [0.25, 0.3) is 0 Å². The van der Waals surface area contributed by atoms with Gasteiger partial charge in [0.15, 0.2) is 0 Å². The topological polar surface area (TPSA) is 3.24 Å². The molecule has 0 spiro atoms. The Labute approximate surface area is 372 Å². The van der Waals surface area contributed by atoms with E-state index in [-0.39, 0.29) is 0 Å². The van der Waals surface area contributed by atoms with Crippen LogP contribution in [0.5, 0.6) is 0 Å². The van der Waals surface area contributed by atoms with Crippen molar-refractivity contribution in [2.45, 2.75) is 5.41 Å². The number of rotatable bonds is 8. The van der Waals surface area contributed by atoms with Crippen LogP contribution in [-0.2, 0) is 5.41 Å². The van der Waals surface area contributed by atoms with Crippen LogP contribution in [0.2, 0.25) is 0 Å². The zero-order chi connectivity index (χ0) is 41.7. The van der Waals surface area contributed by atoms with Crippen molar-refractivity contribution >= 4 is 48.6 Å². The summed E-state index contributed by atoms with van der Waals surface area (Å²) in [5.41, 5.74) is 17.6. The number of anilines is 3. The molecule has 0 fully saturated rings. The fraction of sp³-hybridized carbons (Fsp3) is 0.0164. The lowest BCUT2D eigenvalue weighted by Crippen LogP contribution is -2.28. The molecule has 1 aliphatic carbocycles. The van der Waals surface area contributed by atoms with Crippen LogP contribution in [0.25, 0.3) is 64.7 Å². The maximum absolute atomic E-state index is 2.47. The van der Waals surface area contributed by atoms with Crippen molar-refractivity contribution in [3.05, 3.63) is 271 Å². The fourth-order valence-electron chi connectivity index (χ4n) is 10.1. The highest BCUT2D eigenvalue weighted by Crippen LogP contribution is 2.59. The summed E-state index contributed by atoms with van der Waals surface area (Å²) < 4.78 is 2.64. The highest BCUT2D eigenvalue weighted by molar-refractivity contribution is 7.25. The van der Waals surface area contributed by atoms with Gasteiger partial charge >= 0.3 is 0 Å². The summed E-state index contributed by atoms with van der Waals surface area (Å²) in [4.78, 5) is 2.43. The second-order valence-electron chi connectivity index (χ2n) is 16.4. The lowest BCUT2D eigenvalue weighted by Gasteiger charge is -2.35. The SMILES string of the molecule is c1ccc(-c2ccc(N(c3ccc(-c4ccc5c(c4)sc4ccccc45)cc3)c3ccc4c(c3)C(c3ccccc3)(c3ccccc3)c3cccc(-c5ccccc5)c3-4)cc2)cc1. The van der Waals surface area contributed by atoms with E-state index in [4.69, 9.17) is 0 Å². The molecule has 0 saturated carbocycles. The minimum absolute atomic E-state index is 0.564. The van der Waals surface area contributed by atoms with Crippen molar-refractivity contribution in [2.24, 2.45) is 0 Å². The first-order valence-corrected chi connectivity index (χ1v) is 22.5. The van der Waals surface area contributed by atoms with Crippen LogP contribution in [0.4, 0.5) is 17.1 Å². The molecule has 0 saturated heterocycles. The molecule has 1 nitrogen and oxygen atoms in total. The molecule has 296 valence electrons. The Morgan fingerprint density at radius 3 is 1.46 bits per heavy atom. The molecule has 1 heterocycles. The molecule has 10 aromatic carbocycles. The molecule has 0 aliphatic heterocycles. The highest BCUT2D eigenvalue weighted by Gasteiger charge is 2.47. The van der Waals surface area contributed by atoms with Crippen LogP contribution in [0.1, 0.15) is 22.3 Å². The zero-order valence-electron chi connectivity index (χ0n) is 34.5. The van der Waals surface area contributed by atoms with E-state index < -0.39 is 5.41 Å². The van der Waals surface area contributed by atoms with Crippen LogP contribution in [0, 0.1) is 0 Å². The standard InChI is InChI=1S/C61H41NS/c1-5-16-42(17-6-1)43-28-33-49(34-29-43)62(50-35-30-44(31-36-50)46-32-38-54-53-24-13-14-27-58(53)63-59(54)40-46)51-37-39-55-57(41-51)61(47-20-9-3-10-21-47,48-22-11-4-12-23-48)56-26-15-25-52(60(55)56)45-18-7-2-8-19-45/h1-41H. The molecule has 0 radical (unpaired) electrons. The smallest absolute Gasteiger partial charge is 0.0714 e. The van der Waals surface area contributed by atoms with E-state index in [2.05, 4.69) is 254 Å². The number of hydrogen-bond donors (Lipinski definition) is 0. The fourth-order valence-corrected chi connectivity index (χ4v) is 11.3. The minimum Gasteiger partial charge on any atom is -0.310 e. The van der Waals surface area contributed by atoms with Crippen molar-refractivity contribution < 1.29 is 0 Å². The number of thiophene rings is 1. The van der Waals surface area contributed by atoms with Crippen LogP contribution in [-0.4, -0.2) is 0 Å². The first kappa shape index (κ1) is 37.0. The van der Waals surface area contributed by atoms with Gasteiger partial charge in [0.05, 0.1) is 5.41 Å². The van der Waals surface area contributed by atoms with Crippen LogP contribution in [0.15, 0.2) is 249 Å². The Kier molecular flexibility index (Phi) is 8.98. The zero-order valence-corrected chi connectivity index (χ0v) is 35.3. The maximum Gasteiger partial charge on any atom is 0.0714 e. The summed E-state index contributed by atoms with van der Waals surface area (Å²) in [6, 6.07) is 91.6. The van der Waals surface area contributed by atoms with E-state index in [0.717, 1.165) is 17.1 Å². The summed E-state index contributed by atoms with van der Waals surface area (Å²) >= 11 is 1.87. The Hall–Kier alpha value is -7.78. The van der Waals surface area contributed by atoms with E-state index >= 15 is 0 Å². The Morgan fingerprint density at radius 2 is 0.810 bits per heavy atom. The number of hydrogen-bond acceptors (Lipinski definition) is 2. The lowest BCUT2D eigenvalue weighted by molar-refractivity contribution is 0.768. The summed E-state index contributed by atoms with van der Waals surface area (Å²) in [6.45, 7) is 0. The second-order valence-corrected chi connectivity index (χ2v) is 17.5. The first-order chi connectivity index (χ1) is 31.2. The Morgan fingerprint density at radius 1 is 0.302 bits per heavy atom.